The van der Waals surface area contributed by atoms with E-state index in [0.717, 1.165) is 36.8 Å². The Morgan fingerprint density at radius 3 is 2.59 bits per heavy atom. The van der Waals surface area contributed by atoms with Gasteiger partial charge >= 0.3 is 0 Å². The van der Waals surface area contributed by atoms with Crippen LogP contribution < -0.4 is 20.4 Å². The number of nitrogens with one attached hydrogen (secondary N) is 2. The SMILES string of the molecule is CC1CCCN(c2cc(N3CCCCC3C)nc(NC(=S)NCc3ccc(F)cc3)n2)C1. The molecular weight excluding hydrogens is 423 g/mol. The van der Waals surface area contributed by atoms with E-state index in [9.17, 15) is 4.39 Å². The zero-order valence-corrected chi connectivity index (χ0v) is 19.8. The molecule has 0 radical (unpaired) electrons. The summed E-state index contributed by atoms with van der Waals surface area (Å²) in [4.78, 5) is 14.4. The van der Waals surface area contributed by atoms with Crippen molar-refractivity contribution in [2.24, 2.45) is 5.92 Å². The highest BCUT2D eigenvalue weighted by molar-refractivity contribution is 7.80. The van der Waals surface area contributed by atoms with Crippen LogP contribution in [-0.4, -0.2) is 40.8 Å². The van der Waals surface area contributed by atoms with Gasteiger partial charge in [0.2, 0.25) is 5.95 Å². The molecule has 172 valence electrons. The van der Waals surface area contributed by atoms with Crippen LogP contribution in [0.5, 0.6) is 0 Å². The molecule has 2 atom stereocenters. The number of piperidine rings is 2. The van der Waals surface area contributed by atoms with Gasteiger partial charge in [-0.3, -0.25) is 0 Å². The van der Waals surface area contributed by atoms with Crippen molar-refractivity contribution in [1.29, 1.82) is 0 Å². The molecule has 2 aliphatic heterocycles. The van der Waals surface area contributed by atoms with E-state index in [0.29, 0.717) is 29.6 Å². The molecule has 2 N–H and O–H groups in total. The molecule has 1 aromatic carbocycles. The topological polar surface area (TPSA) is 56.3 Å². The highest BCUT2D eigenvalue weighted by Crippen LogP contribution is 2.29. The summed E-state index contributed by atoms with van der Waals surface area (Å²) in [5.74, 6) is 2.86. The van der Waals surface area contributed by atoms with Crippen molar-refractivity contribution >= 4 is 34.9 Å². The second-order valence-corrected chi connectivity index (χ2v) is 9.48. The molecule has 0 aliphatic carbocycles. The van der Waals surface area contributed by atoms with Crippen LogP contribution in [-0.2, 0) is 6.54 Å². The number of hydrogen-bond acceptors (Lipinski definition) is 5. The van der Waals surface area contributed by atoms with Crippen molar-refractivity contribution in [3.63, 3.8) is 0 Å². The summed E-state index contributed by atoms with van der Waals surface area (Å²) in [5.41, 5.74) is 0.954. The number of rotatable bonds is 5. The van der Waals surface area contributed by atoms with Gasteiger partial charge in [-0.25, -0.2) is 4.39 Å². The lowest BCUT2D eigenvalue weighted by atomic mass is 10.0. The maximum absolute atomic E-state index is 13.1. The van der Waals surface area contributed by atoms with Gasteiger partial charge in [-0.05, 0) is 74.9 Å². The lowest BCUT2D eigenvalue weighted by molar-refractivity contribution is 0.444. The highest BCUT2D eigenvalue weighted by atomic mass is 32.1. The molecule has 2 unspecified atom stereocenters. The van der Waals surface area contributed by atoms with Crippen molar-refractivity contribution in [3.05, 3.63) is 41.7 Å². The molecule has 2 fully saturated rings. The monoisotopic (exact) mass is 456 g/mol. The Balaban J connectivity index is 1.51. The molecule has 0 bridgehead atoms. The average Bonchev–Trinajstić information content (AvgIpc) is 2.79. The third-order valence-corrected chi connectivity index (χ3v) is 6.62. The molecule has 1 aromatic heterocycles. The third kappa shape index (κ3) is 5.85. The lowest BCUT2D eigenvalue weighted by Gasteiger charge is -2.36. The Labute approximate surface area is 195 Å². The fourth-order valence-electron chi connectivity index (χ4n) is 4.55. The summed E-state index contributed by atoms with van der Waals surface area (Å²) in [5, 5.41) is 6.81. The fraction of sp³-hybridized carbons (Fsp3) is 0.542. The number of thiocarbonyl (C=S) groups is 1. The van der Waals surface area contributed by atoms with Gasteiger partial charge in [0.1, 0.15) is 17.5 Å². The maximum Gasteiger partial charge on any atom is 0.232 e. The van der Waals surface area contributed by atoms with E-state index in [2.05, 4.69) is 40.3 Å². The first kappa shape index (κ1) is 22.7. The van der Waals surface area contributed by atoms with Crippen LogP contribution in [0.4, 0.5) is 22.0 Å². The predicted molar refractivity (Wildman–Crippen MR) is 133 cm³/mol. The number of aromatic nitrogens is 2. The summed E-state index contributed by atoms with van der Waals surface area (Å²) < 4.78 is 13.1. The molecular formula is C24H33FN6S. The van der Waals surface area contributed by atoms with Gasteiger partial charge in [0.15, 0.2) is 5.11 Å². The molecule has 2 aromatic rings. The zero-order valence-electron chi connectivity index (χ0n) is 19.0. The Bertz CT molecular complexity index is 921. The minimum Gasteiger partial charge on any atom is -0.358 e. The Morgan fingerprint density at radius 1 is 1.06 bits per heavy atom. The van der Waals surface area contributed by atoms with Crippen LogP contribution in [0.2, 0.25) is 0 Å². The third-order valence-electron chi connectivity index (χ3n) is 6.37. The number of hydrogen-bond donors (Lipinski definition) is 2. The second kappa shape index (κ2) is 10.4. The van der Waals surface area contributed by atoms with Crippen molar-refractivity contribution in [3.8, 4) is 0 Å². The summed E-state index contributed by atoms with van der Waals surface area (Å²) in [6.45, 7) is 8.12. The summed E-state index contributed by atoms with van der Waals surface area (Å²) in [6.07, 6.45) is 6.08. The number of nitrogens with zero attached hydrogens (tertiary/aromatic N) is 4. The summed E-state index contributed by atoms with van der Waals surface area (Å²) >= 11 is 5.50. The fourth-order valence-corrected chi connectivity index (χ4v) is 4.72. The quantitative estimate of drug-likeness (QED) is 0.632. The first-order chi connectivity index (χ1) is 15.5. The van der Waals surface area contributed by atoms with Gasteiger partial charge in [-0.1, -0.05) is 19.1 Å². The Hall–Kier alpha value is -2.48. The highest BCUT2D eigenvalue weighted by Gasteiger charge is 2.24. The van der Waals surface area contributed by atoms with Crippen LogP contribution in [0.1, 0.15) is 51.5 Å². The van der Waals surface area contributed by atoms with Crippen LogP contribution in [0.25, 0.3) is 0 Å². The molecule has 2 saturated heterocycles. The van der Waals surface area contributed by atoms with E-state index in [1.807, 2.05) is 0 Å². The Morgan fingerprint density at radius 2 is 1.84 bits per heavy atom. The van der Waals surface area contributed by atoms with E-state index >= 15 is 0 Å². The second-order valence-electron chi connectivity index (χ2n) is 9.07. The predicted octanol–water partition coefficient (Wildman–Crippen LogP) is 4.72. The number of halogens is 1. The molecule has 0 spiro atoms. The van der Waals surface area contributed by atoms with Crippen molar-refractivity contribution < 1.29 is 4.39 Å². The van der Waals surface area contributed by atoms with Crippen molar-refractivity contribution in [1.82, 2.24) is 15.3 Å². The van der Waals surface area contributed by atoms with Crippen molar-refractivity contribution in [2.75, 3.05) is 34.8 Å². The normalized spacial score (nSPS) is 21.3. The molecule has 8 heteroatoms. The van der Waals surface area contributed by atoms with Gasteiger partial charge in [0, 0.05) is 38.3 Å². The molecule has 2 aliphatic rings. The molecule has 6 nitrogen and oxygen atoms in total. The average molecular weight is 457 g/mol. The van der Waals surface area contributed by atoms with Crippen LogP contribution in [0, 0.1) is 11.7 Å². The van der Waals surface area contributed by atoms with E-state index in [1.165, 1.54) is 44.2 Å². The molecule has 0 saturated carbocycles. The summed E-state index contributed by atoms with van der Waals surface area (Å²) in [6, 6.07) is 8.99. The smallest absolute Gasteiger partial charge is 0.232 e. The van der Waals surface area contributed by atoms with Gasteiger partial charge in [-0.2, -0.15) is 9.97 Å². The van der Waals surface area contributed by atoms with Crippen LogP contribution in [0.15, 0.2) is 30.3 Å². The molecule has 3 heterocycles. The first-order valence-corrected chi connectivity index (χ1v) is 12.1. The minimum atomic E-state index is -0.244. The number of benzene rings is 1. The minimum absolute atomic E-state index is 0.244. The van der Waals surface area contributed by atoms with E-state index < -0.39 is 0 Å². The van der Waals surface area contributed by atoms with Gasteiger partial charge in [0.25, 0.3) is 0 Å². The van der Waals surface area contributed by atoms with E-state index in [-0.39, 0.29) is 5.82 Å². The molecule has 32 heavy (non-hydrogen) atoms. The van der Waals surface area contributed by atoms with E-state index in [4.69, 9.17) is 22.2 Å². The molecule has 4 rings (SSSR count). The van der Waals surface area contributed by atoms with Gasteiger partial charge in [0.05, 0.1) is 0 Å². The zero-order chi connectivity index (χ0) is 22.5. The van der Waals surface area contributed by atoms with Gasteiger partial charge < -0.3 is 20.4 Å². The maximum atomic E-state index is 13.1. The lowest BCUT2D eigenvalue weighted by Crippen LogP contribution is -2.39. The van der Waals surface area contributed by atoms with Gasteiger partial charge in [-0.15, -0.1) is 0 Å². The summed E-state index contributed by atoms with van der Waals surface area (Å²) in [7, 11) is 0. The standard InChI is InChI=1S/C24H33FN6S/c1-17-6-5-12-30(16-17)21-14-22(31-13-4-3-7-18(31)2)28-23(27-21)29-24(32)26-15-19-8-10-20(25)11-9-19/h8-11,14,17-18H,3-7,12-13,15-16H2,1-2H3,(H2,26,27,28,29,32). The van der Waals surface area contributed by atoms with Crippen LogP contribution >= 0.6 is 12.2 Å². The number of anilines is 3. The largest absolute Gasteiger partial charge is 0.358 e. The van der Waals surface area contributed by atoms with Crippen molar-refractivity contribution in [2.45, 2.75) is 58.5 Å². The van der Waals surface area contributed by atoms with E-state index in [1.54, 1.807) is 12.1 Å². The first-order valence-electron chi connectivity index (χ1n) is 11.7. The Kier molecular flexibility index (Phi) is 7.40. The van der Waals surface area contributed by atoms with Crippen LogP contribution in [0.3, 0.4) is 0 Å². The molecule has 0 amide bonds.